The summed E-state index contributed by atoms with van der Waals surface area (Å²) in [7, 11) is 0. The van der Waals surface area contributed by atoms with Gasteiger partial charge < -0.3 is 5.11 Å². The van der Waals surface area contributed by atoms with Gasteiger partial charge in [0.15, 0.2) is 5.69 Å². The molecule has 6 heteroatoms. The molecule has 0 radical (unpaired) electrons. The lowest BCUT2D eigenvalue weighted by molar-refractivity contribution is 0.0948. The van der Waals surface area contributed by atoms with E-state index in [4.69, 9.17) is 0 Å². The van der Waals surface area contributed by atoms with Crippen molar-refractivity contribution in [2.75, 3.05) is 0 Å². The molecule has 1 aliphatic carbocycles. The minimum Gasteiger partial charge on any atom is -0.508 e. The molecule has 0 bridgehead atoms. The topological polar surface area (TPSA) is 90.4 Å². The van der Waals surface area contributed by atoms with Gasteiger partial charge in [-0.3, -0.25) is 9.89 Å². The number of hydrogen-bond donors (Lipinski definition) is 3. The smallest absolute Gasteiger partial charge is 0.292 e. The minimum absolute atomic E-state index is 0.194. The van der Waals surface area contributed by atoms with Gasteiger partial charge in [0.1, 0.15) is 5.75 Å². The monoisotopic (exact) mass is 354 g/mol. The molecule has 1 aliphatic rings. The number of carbonyl (C=O) groups excluding carboxylic acids is 1. The number of aryl methyl sites for hydroxylation is 1. The number of aromatic nitrogens is 2. The standard InChI is InChI=1S/C20H26N4O2/c1-20(2,3)11-14-6-9-17-16(10-14)18(23-22-17)19(26)24-21-12-13-4-7-15(25)8-5-13/h4-5,7-8,12,14,25H,6,9-11H2,1-3H3,(H,22,23)(H,24,26)/b21-12-/t14-/m1/s1. The molecule has 6 nitrogen and oxygen atoms in total. The summed E-state index contributed by atoms with van der Waals surface area (Å²) in [6, 6.07) is 6.59. The normalized spacial score (nSPS) is 17.3. The molecular formula is C20H26N4O2. The van der Waals surface area contributed by atoms with Crippen molar-refractivity contribution < 1.29 is 9.90 Å². The minimum atomic E-state index is -0.297. The van der Waals surface area contributed by atoms with Gasteiger partial charge in [-0.15, -0.1) is 0 Å². The number of carbonyl (C=O) groups is 1. The number of fused-ring (bicyclic) bond motifs is 1. The van der Waals surface area contributed by atoms with Crippen LogP contribution >= 0.6 is 0 Å². The highest BCUT2D eigenvalue weighted by molar-refractivity contribution is 5.94. The summed E-state index contributed by atoms with van der Waals surface area (Å²) in [6.07, 6.45) is 5.63. The van der Waals surface area contributed by atoms with Gasteiger partial charge in [-0.2, -0.15) is 10.2 Å². The molecular weight excluding hydrogens is 328 g/mol. The zero-order valence-corrected chi connectivity index (χ0v) is 15.5. The third-order valence-electron chi connectivity index (χ3n) is 4.64. The van der Waals surface area contributed by atoms with E-state index in [2.05, 4.69) is 41.5 Å². The van der Waals surface area contributed by atoms with Gasteiger partial charge in [-0.05, 0) is 66.8 Å². The number of hydrogen-bond acceptors (Lipinski definition) is 4. The number of aromatic hydroxyl groups is 1. The Kier molecular flexibility index (Phi) is 5.11. The number of aromatic amines is 1. The van der Waals surface area contributed by atoms with Gasteiger partial charge in [-0.1, -0.05) is 20.8 Å². The maximum Gasteiger partial charge on any atom is 0.292 e. The number of phenolic OH excluding ortho intramolecular Hbond substituents is 1. The van der Waals surface area contributed by atoms with Crippen molar-refractivity contribution in [2.45, 2.75) is 46.5 Å². The van der Waals surface area contributed by atoms with Crippen LogP contribution in [0.15, 0.2) is 29.4 Å². The van der Waals surface area contributed by atoms with Crippen LogP contribution < -0.4 is 5.43 Å². The van der Waals surface area contributed by atoms with Crippen molar-refractivity contribution >= 4 is 12.1 Å². The van der Waals surface area contributed by atoms with E-state index in [0.717, 1.165) is 42.5 Å². The summed E-state index contributed by atoms with van der Waals surface area (Å²) in [6.45, 7) is 6.76. The van der Waals surface area contributed by atoms with Gasteiger partial charge in [0.2, 0.25) is 0 Å². The Balaban J connectivity index is 1.66. The Bertz CT molecular complexity index is 800. The van der Waals surface area contributed by atoms with Gasteiger partial charge >= 0.3 is 0 Å². The highest BCUT2D eigenvalue weighted by Crippen LogP contribution is 2.34. The summed E-state index contributed by atoms with van der Waals surface area (Å²) in [4.78, 5) is 12.5. The first kappa shape index (κ1) is 18.2. The van der Waals surface area contributed by atoms with E-state index in [0.29, 0.717) is 11.6 Å². The Labute approximate surface area is 153 Å². The largest absolute Gasteiger partial charge is 0.508 e. The van der Waals surface area contributed by atoms with Crippen LogP contribution in [0.4, 0.5) is 0 Å². The molecule has 0 saturated heterocycles. The molecule has 3 rings (SSSR count). The summed E-state index contributed by atoms with van der Waals surface area (Å²) in [5.41, 5.74) is 6.16. The molecule has 0 spiro atoms. The van der Waals surface area contributed by atoms with Crippen molar-refractivity contribution in [3.8, 4) is 5.75 Å². The van der Waals surface area contributed by atoms with Crippen LogP contribution in [0, 0.1) is 11.3 Å². The number of nitrogens with zero attached hydrogens (tertiary/aromatic N) is 2. The van der Waals surface area contributed by atoms with Gasteiger partial charge in [-0.25, -0.2) is 5.43 Å². The fourth-order valence-corrected chi connectivity index (χ4v) is 3.57. The van der Waals surface area contributed by atoms with Crippen molar-refractivity contribution in [3.05, 3.63) is 46.8 Å². The van der Waals surface area contributed by atoms with Gasteiger partial charge in [0, 0.05) is 11.3 Å². The van der Waals surface area contributed by atoms with Gasteiger partial charge in [0.25, 0.3) is 5.91 Å². The highest BCUT2D eigenvalue weighted by Gasteiger charge is 2.28. The van der Waals surface area contributed by atoms with Crippen LogP contribution in [0.3, 0.4) is 0 Å². The van der Waals surface area contributed by atoms with E-state index in [-0.39, 0.29) is 17.1 Å². The second-order valence-electron chi connectivity index (χ2n) is 8.19. The molecule has 3 N–H and O–H groups in total. The average Bonchev–Trinajstić information content (AvgIpc) is 2.98. The van der Waals surface area contributed by atoms with E-state index >= 15 is 0 Å². The number of benzene rings is 1. The lowest BCUT2D eigenvalue weighted by Crippen LogP contribution is -2.24. The Morgan fingerprint density at radius 1 is 1.38 bits per heavy atom. The SMILES string of the molecule is CC(C)(C)C[C@@H]1CCc2[nH]nc(C(=O)N/N=C\c3ccc(O)cc3)c2C1. The molecule has 0 unspecified atom stereocenters. The summed E-state index contributed by atoms with van der Waals surface area (Å²) in [5.74, 6) is 0.472. The fourth-order valence-electron chi connectivity index (χ4n) is 3.57. The van der Waals surface area contributed by atoms with Crippen LogP contribution in [0.25, 0.3) is 0 Å². The van der Waals surface area contributed by atoms with E-state index < -0.39 is 0 Å². The predicted octanol–water partition coefficient (Wildman–Crippen LogP) is 3.42. The van der Waals surface area contributed by atoms with Crippen molar-refractivity contribution in [2.24, 2.45) is 16.4 Å². The fraction of sp³-hybridized carbons (Fsp3) is 0.450. The van der Waals surface area contributed by atoms with E-state index in [1.165, 1.54) is 0 Å². The molecule has 1 aromatic carbocycles. The molecule has 0 aliphatic heterocycles. The Morgan fingerprint density at radius 2 is 2.12 bits per heavy atom. The highest BCUT2D eigenvalue weighted by atomic mass is 16.3. The quantitative estimate of drug-likeness (QED) is 0.580. The van der Waals surface area contributed by atoms with E-state index in [9.17, 15) is 9.90 Å². The molecule has 0 saturated carbocycles. The number of amides is 1. The van der Waals surface area contributed by atoms with Crippen LogP contribution in [0.2, 0.25) is 0 Å². The zero-order chi connectivity index (χ0) is 18.7. The van der Waals surface area contributed by atoms with E-state index in [1.54, 1.807) is 30.5 Å². The number of phenols is 1. The van der Waals surface area contributed by atoms with Crippen LogP contribution in [-0.4, -0.2) is 27.4 Å². The predicted molar refractivity (Wildman–Crippen MR) is 101 cm³/mol. The number of H-pyrrole nitrogens is 1. The Morgan fingerprint density at radius 3 is 2.81 bits per heavy atom. The number of rotatable bonds is 4. The third kappa shape index (κ3) is 4.50. The average molecular weight is 354 g/mol. The first-order valence-corrected chi connectivity index (χ1v) is 9.00. The number of hydrazone groups is 1. The summed E-state index contributed by atoms with van der Waals surface area (Å²) >= 11 is 0. The second-order valence-corrected chi connectivity index (χ2v) is 8.19. The zero-order valence-electron chi connectivity index (χ0n) is 15.5. The molecule has 26 heavy (non-hydrogen) atoms. The van der Waals surface area contributed by atoms with Crippen LogP contribution in [0.5, 0.6) is 5.75 Å². The van der Waals surface area contributed by atoms with E-state index in [1.807, 2.05) is 0 Å². The molecule has 1 atom stereocenters. The first-order chi connectivity index (χ1) is 12.3. The molecule has 1 aromatic heterocycles. The second kappa shape index (κ2) is 7.32. The van der Waals surface area contributed by atoms with Crippen molar-refractivity contribution in [1.29, 1.82) is 0 Å². The number of nitrogens with one attached hydrogen (secondary N) is 2. The van der Waals surface area contributed by atoms with Crippen LogP contribution in [0.1, 0.15) is 60.9 Å². The van der Waals surface area contributed by atoms with Crippen LogP contribution in [-0.2, 0) is 12.8 Å². The molecule has 1 amide bonds. The maximum absolute atomic E-state index is 12.5. The summed E-state index contributed by atoms with van der Waals surface area (Å²) < 4.78 is 0. The van der Waals surface area contributed by atoms with Crippen molar-refractivity contribution in [1.82, 2.24) is 15.6 Å². The first-order valence-electron chi connectivity index (χ1n) is 9.00. The molecule has 1 heterocycles. The lowest BCUT2D eigenvalue weighted by atomic mass is 9.76. The maximum atomic E-state index is 12.5. The molecule has 138 valence electrons. The third-order valence-corrected chi connectivity index (χ3v) is 4.64. The van der Waals surface area contributed by atoms with Gasteiger partial charge in [0.05, 0.1) is 6.21 Å². The van der Waals surface area contributed by atoms with Crippen molar-refractivity contribution in [3.63, 3.8) is 0 Å². The molecule has 0 fully saturated rings. The lowest BCUT2D eigenvalue weighted by Gasteiger charge is -2.28. The molecule has 2 aromatic rings. The Hall–Kier alpha value is -2.63. The summed E-state index contributed by atoms with van der Waals surface area (Å²) in [5, 5.41) is 20.5.